The minimum Gasteiger partial charge on any atom is -0.302 e. The van der Waals surface area contributed by atoms with Gasteiger partial charge in [-0.05, 0) is 24.6 Å². The van der Waals surface area contributed by atoms with E-state index in [-0.39, 0.29) is 10.8 Å². The summed E-state index contributed by atoms with van der Waals surface area (Å²) in [6, 6.07) is 6.40. The first kappa shape index (κ1) is 15.6. The molecule has 1 heterocycles. The summed E-state index contributed by atoms with van der Waals surface area (Å²) >= 11 is 1.41. The van der Waals surface area contributed by atoms with Crippen molar-refractivity contribution in [1.82, 2.24) is 4.98 Å². The summed E-state index contributed by atoms with van der Waals surface area (Å²) in [5.41, 5.74) is 1.79. The summed E-state index contributed by atoms with van der Waals surface area (Å²) in [7, 11) is -3.67. The van der Waals surface area contributed by atoms with Gasteiger partial charge in [0.2, 0.25) is 15.9 Å². The van der Waals surface area contributed by atoms with Crippen LogP contribution in [0.2, 0.25) is 0 Å². The third-order valence-corrected chi connectivity index (χ3v) is 4.79. The molecule has 8 heteroatoms. The van der Waals surface area contributed by atoms with Crippen LogP contribution in [0.25, 0.3) is 0 Å². The second kappa shape index (κ2) is 5.92. The number of amides is 1. The van der Waals surface area contributed by atoms with E-state index in [4.69, 9.17) is 5.14 Å². The lowest BCUT2D eigenvalue weighted by Gasteiger charge is -2.02. The van der Waals surface area contributed by atoms with Crippen LogP contribution in [-0.4, -0.2) is 19.3 Å². The minimum atomic E-state index is -3.67. The molecular formula is C13H15N3O3S2. The highest BCUT2D eigenvalue weighted by molar-refractivity contribution is 7.89. The zero-order valence-electron chi connectivity index (χ0n) is 11.6. The molecule has 21 heavy (non-hydrogen) atoms. The molecule has 0 unspecified atom stereocenters. The largest absolute Gasteiger partial charge is 0.302 e. The molecule has 0 radical (unpaired) electrons. The van der Waals surface area contributed by atoms with E-state index >= 15 is 0 Å². The Morgan fingerprint density at radius 2 is 1.95 bits per heavy atom. The van der Waals surface area contributed by atoms with Crippen molar-refractivity contribution < 1.29 is 13.2 Å². The third kappa shape index (κ3) is 4.10. The van der Waals surface area contributed by atoms with Crippen molar-refractivity contribution in [3.63, 3.8) is 0 Å². The molecule has 0 spiro atoms. The van der Waals surface area contributed by atoms with Gasteiger partial charge in [0.25, 0.3) is 0 Å². The van der Waals surface area contributed by atoms with Gasteiger partial charge in [-0.25, -0.2) is 18.5 Å². The average Bonchev–Trinajstić information content (AvgIpc) is 2.68. The number of aryl methyl sites for hydroxylation is 1. The topological polar surface area (TPSA) is 102 Å². The minimum absolute atomic E-state index is 0.0891. The maximum atomic E-state index is 11.2. The van der Waals surface area contributed by atoms with Gasteiger partial charge in [-0.1, -0.05) is 12.1 Å². The summed E-state index contributed by atoms with van der Waals surface area (Å²) < 4.78 is 22.4. The van der Waals surface area contributed by atoms with Crippen LogP contribution in [0.4, 0.5) is 5.13 Å². The normalized spacial score (nSPS) is 11.4. The van der Waals surface area contributed by atoms with Gasteiger partial charge in [0.05, 0.1) is 10.6 Å². The molecule has 6 nitrogen and oxygen atoms in total. The predicted octanol–water partition coefficient (Wildman–Crippen LogP) is 1.65. The lowest BCUT2D eigenvalue weighted by atomic mass is 10.1. The van der Waals surface area contributed by atoms with Crippen molar-refractivity contribution in [1.29, 1.82) is 0 Å². The molecule has 3 N–H and O–H groups in total. The fourth-order valence-electron chi connectivity index (χ4n) is 1.78. The first-order valence-corrected chi connectivity index (χ1v) is 8.47. The van der Waals surface area contributed by atoms with Gasteiger partial charge in [-0.3, -0.25) is 4.79 Å². The van der Waals surface area contributed by atoms with Gasteiger partial charge in [0.15, 0.2) is 5.13 Å². The summed E-state index contributed by atoms with van der Waals surface area (Å²) in [4.78, 5) is 16.4. The highest BCUT2D eigenvalue weighted by Gasteiger charge is 2.11. The molecule has 0 saturated heterocycles. The standard InChI is InChI=1S/C13H15N3O3S2/c1-8-12(20-13(15-8)16-9(2)17)7-10-3-5-11(6-4-10)21(14,18)19/h3-6H,7H2,1-2H3,(H2,14,18,19)(H,15,16,17). The number of primary sulfonamides is 1. The van der Waals surface area contributed by atoms with Crippen LogP contribution in [0.1, 0.15) is 23.1 Å². The Kier molecular flexibility index (Phi) is 4.40. The molecule has 1 aromatic carbocycles. The van der Waals surface area contributed by atoms with Crippen molar-refractivity contribution in [3.05, 3.63) is 40.4 Å². The molecular weight excluding hydrogens is 310 g/mol. The summed E-state index contributed by atoms with van der Waals surface area (Å²) in [5.74, 6) is -0.159. The van der Waals surface area contributed by atoms with Crippen molar-refractivity contribution in [3.8, 4) is 0 Å². The number of anilines is 1. The van der Waals surface area contributed by atoms with Crippen LogP contribution < -0.4 is 10.5 Å². The van der Waals surface area contributed by atoms with E-state index in [9.17, 15) is 13.2 Å². The number of sulfonamides is 1. The van der Waals surface area contributed by atoms with E-state index in [2.05, 4.69) is 10.3 Å². The number of nitrogens with one attached hydrogen (secondary N) is 1. The van der Waals surface area contributed by atoms with Gasteiger partial charge in [-0.15, -0.1) is 11.3 Å². The van der Waals surface area contributed by atoms with E-state index in [1.165, 1.54) is 30.4 Å². The second-order valence-corrected chi connectivity index (χ2v) is 7.22. The Balaban J connectivity index is 2.18. The van der Waals surface area contributed by atoms with Gasteiger partial charge in [0.1, 0.15) is 0 Å². The van der Waals surface area contributed by atoms with Gasteiger partial charge >= 0.3 is 0 Å². The molecule has 0 aliphatic rings. The fourth-order valence-corrected chi connectivity index (χ4v) is 3.34. The Hall–Kier alpha value is -1.77. The van der Waals surface area contributed by atoms with Crippen LogP contribution >= 0.6 is 11.3 Å². The van der Waals surface area contributed by atoms with Crippen LogP contribution in [-0.2, 0) is 21.2 Å². The molecule has 1 amide bonds. The summed E-state index contributed by atoms with van der Waals surface area (Å²) in [5, 5.41) is 8.28. The molecule has 112 valence electrons. The number of carbonyl (C=O) groups excluding carboxylic acids is 1. The Bertz CT molecular complexity index is 764. The lowest BCUT2D eigenvalue weighted by Crippen LogP contribution is -2.11. The number of aromatic nitrogens is 1. The number of rotatable bonds is 4. The number of nitrogens with two attached hydrogens (primary N) is 1. The number of benzene rings is 1. The lowest BCUT2D eigenvalue weighted by molar-refractivity contribution is -0.114. The summed E-state index contributed by atoms with van der Waals surface area (Å²) in [6.45, 7) is 3.30. The highest BCUT2D eigenvalue weighted by Crippen LogP contribution is 2.25. The molecule has 0 bridgehead atoms. The Morgan fingerprint density at radius 1 is 1.33 bits per heavy atom. The van der Waals surface area contributed by atoms with Crippen LogP contribution in [0.15, 0.2) is 29.2 Å². The SMILES string of the molecule is CC(=O)Nc1nc(C)c(Cc2ccc(S(N)(=O)=O)cc2)s1. The molecule has 0 aliphatic carbocycles. The zero-order chi connectivity index (χ0) is 15.6. The number of hydrogen-bond donors (Lipinski definition) is 2. The van der Waals surface area contributed by atoms with Crippen molar-refractivity contribution in [2.24, 2.45) is 5.14 Å². The smallest absolute Gasteiger partial charge is 0.238 e. The highest BCUT2D eigenvalue weighted by atomic mass is 32.2. The quantitative estimate of drug-likeness (QED) is 0.892. The fraction of sp³-hybridized carbons (Fsp3) is 0.231. The molecule has 0 atom stereocenters. The van der Waals surface area contributed by atoms with Crippen molar-refractivity contribution >= 4 is 32.4 Å². The predicted molar refractivity (Wildman–Crippen MR) is 81.8 cm³/mol. The first-order chi connectivity index (χ1) is 9.75. The molecule has 0 fully saturated rings. The van der Waals surface area contributed by atoms with Gasteiger partial charge in [-0.2, -0.15) is 0 Å². The number of hydrogen-bond acceptors (Lipinski definition) is 5. The molecule has 2 aromatic rings. The van der Waals surface area contributed by atoms with E-state index in [0.717, 1.165) is 16.1 Å². The number of carbonyl (C=O) groups is 1. The van der Waals surface area contributed by atoms with E-state index in [1.807, 2.05) is 6.92 Å². The van der Waals surface area contributed by atoms with E-state index in [0.29, 0.717) is 11.6 Å². The zero-order valence-corrected chi connectivity index (χ0v) is 13.2. The molecule has 0 saturated carbocycles. The molecule has 1 aromatic heterocycles. The average molecular weight is 325 g/mol. The van der Waals surface area contributed by atoms with E-state index in [1.54, 1.807) is 12.1 Å². The summed E-state index contributed by atoms with van der Waals surface area (Å²) in [6.07, 6.45) is 0.619. The monoisotopic (exact) mass is 325 g/mol. The van der Waals surface area contributed by atoms with E-state index < -0.39 is 10.0 Å². The first-order valence-electron chi connectivity index (χ1n) is 6.11. The maximum Gasteiger partial charge on any atom is 0.238 e. The third-order valence-electron chi connectivity index (χ3n) is 2.79. The van der Waals surface area contributed by atoms with Gasteiger partial charge in [0, 0.05) is 18.2 Å². The molecule has 2 rings (SSSR count). The Morgan fingerprint density at radius 3 is 2.48 bits per heavy atom. The molecule has 0 aliphatic heterocycles. The van der Waals surface area contributed by atoms with Crippen molar-refractivity contribution in [2.75, 3.05) is 5.32 Å². The Labute approximate surface area is 127 Å². The van der Waals surface area contributed by atoms with Crippen LogP contribution in [0.3, 0.4) is 0 Å². The second-order valence-electron chi connectivity index (χ2n) is 4.57. The maximum absolute atomic E-state index is 11.2. The van der Waals surface area contributed by atoms with Crippen LogP contribution in [0.5, 0.6) is 0 Å². The van der Waals surface area contributed by atoms with Gasteiger partial charge < -0.3 is 5.32 Å². The number of thiazole rings is 1. The van der Waals surface area contributed by atoms with Crippen molar-refractivity contribution in [2.45, 2.75) is 25.2 Å². The van der Waals surface area contributed by atoms with Crippen LogP contribution in [0, 0.1) is 6.92 Å². The number of nitrogens with zero attached hydrogens (tertiary/aromatic N) is 1.